The Morgan fingerprint density at radius 1 is 1.13 bits per heavy atom. The van der Waals surface area contributed by atoms with Gasteiger partial charge in [0.05, 0.1) is 4.92 Å². The quantitative estimate of drug-likeness (QED) is 0.532. The summed E-state index contributed by atoms with van der Waals surface area (Å²) < 4.78 is 10.5. The van der Waals surface area contributed by atoms with Gasteiger partial charge in [0, 0.05) is 23.9 Å². The molecule has 1 amide bonds. The van der Waals surface area contributed by atoms with Crippen molar-refractivity contribution >= 4 is 23.4 Å². The summed E-state index contributed by atoms with van der Waals surface area (Å²) in [6.45, 7) is 0.198. The van der Waals surface area contributed by atoms with E-state index in [1.54, 1.807) is 18.2 Å². The molecule has 1 heterocycles. The highest BCUT2D eigenvalue weighted by atomic mass is 16.7. The van der Waals surface area contributed by atoms with Crippen molar-refractivity contribution in [3.8, 4) is 11.5 Å². The van der Waals surface area contributed by atoms with Crippen LogP contribution in [0.5, 0.6) is 11.5 Å². The topological polar surface area (TPSA) is 90.7 Å². The first-order chi connectivity index (χ1) is 11.1. The molecule has 0 saturated heterocycles. The fourth-order valence-electron chi connectivity index (χ4n) is 2.04. The lowest BCUT2D eigenvalue weighted by molar-refractivity contribution is -0.384. The number of nitro groups is 1. The summed E-state index contributed by atoms with van der Waals surface area (Å²) in [4.78, 5) is 21.9. The van der Waals surface area contributed by atoms with Crippen molar-refractivity contribution in [2.75, 3.05) is 12.1 Å². The van der Waals surface area contributed by atoms with Crippen LogP contribution >= 0.6 is 0 Å². The molecule has 116 valence electrons. The molecule has 3 rings (SSSR count). The van der Waals surface area contributed by atoms with Gasteiger partial charge in [-0.3, -0.25) is 14.9 Å². The molecule has 0 saturated carbocycles. The van der Waals surface area contributed by atoms with E-state index < -0.39 is 4.92 Å². The van der Waals surface area contributed by atoms with Crippen molar-refractivity contribution in [1.82, 2.24) is 0 Å². The number of nitro benzene ring substituents is 1. The SMILES string of the molecule is O=C(/C=C\c1ccc2c(c1)OCO2)Nc1ccc([N+](=O)[O-])cc1. The number of amides is 1. The molecule has 2 aromatic carbocycles. The molecule has 0 bridgehead atoms. The van der Waals surface area contributed by atoms with Gasteiger partial charge in [-0.05, 0) is 35.9 Å². The Morgan fingerprint density at radius 2 is 1.87 bits per heavy atom. The summed E-state index contributed by atoms with van der Waals surface area (Å²) in [5, 5.41) is 13.2. The highest BCUT2D eigenvalue weighted by Crippen LogP contribution is 2.32. The lowest BCUT2D eigenvalue weighted by atomic mass is 10.2. The van der Waals surface area contributed by atoms with Crippen molar-refractivity contribution in [2.24, 2.45) is 0 Å². The van der Waals surface area contributed by atoms with Crippen LogP contribution in [0, 0.1) is 10.1 Å². The van der Waals surface area contributed by atoms with Gasteiger partial charge in [-0.2, -0.15) is 0 Å². The zero-order chi connectivity index (χ0) is 16.2. The normalized spacial score (nSPS) is 12.3. The van der Waals surface area contributed by atoms with Crippen LogP contribution in [0.4, 0.5) is 11.4 Å². The van der Waals surface area contributed by atoms with E-state index >= 15 is 0 Å². The van der Waals surface area contributed by atoms with Crippen molar-refractivity contribution in [3.63, 3.8) is 0 Å². The number of nitrogens with one attached hydrogen (secondary N) is 1. The molecule has 0 unspecified atom stereocenters. The third-order valence-corrected chi connectivity index (χ3v) is 3.17. The van der Waals surface area contributed by atoms with Crippen LogP contribution in [0.1, 0.15) is 5.56 Å². The molecule has 1 aliphatic heterocycles. The summed E-state index contributed by atoms with van der Waals surface area (Å²) in [6, 6.07) is 11.0. The maximum absolute atomic E-state index is 11.9. The third-order valence-electron chi connectivity index (χ3n) is 3.17. The Kier molecular flexibility index (Phi) is 3.92. The fourth-order valence-corrected chi connectivity index (χ4v) is 2.04. The monoisotopic (exact) mass is 312 g/mol. The molecule has 0 fully saturated rings. The number of carbonyl (C=O) groups excluding carboxylic acids is 1. The Bertz CT molecular complexity index is 784. The summed E-state index contributed by atoms with van der Waals surface area (Å²) in [5.41, 5.74) is 1.25. The summed E-state index contributed by atoms with van der Waals surface area (Å²) >= 11 is 0. The van der Waals surface area contributed by atoms with Crippen LogP contribution < -0.4 is 14.8 Å². The Balaban J connectivity index is 1.63. The molecule has 0 atom stereocenters. The van der Waals surface area contributed by atoms with Crippen LogP contribution in [-0.4, -0.2) is 17.6 Å². The minimum Gasteiger partial charge on any atom is -0.454 e. The molecule has 0 aromatic heterocycles. The van der Waals surface area contributed by atoms with Gasteiger partial charge in [0.25, 0.3) is 5.69 Å². The molecule has 23 heavy (non-hydrogen) atoms. The summed E-state index contributed by atoms with van der Waals surface area (Å²) in [7, 11) is 0. The van der Waals surface area contributed by atoms with Gasteiger partial charge in [0.2, 0.25) is 12.7 Å². The van der Waals surface area contributed by atoms with E-state index in [-0.39, 0.29) is 18.4 Å². The largest absolute Gasteiger partial charge is 0.454 e. The van der Waals surface area contributed by atoms with Gasteiger partial charge in [-0.15, -0.1) is 0 Å². The Labute approximate surface area is 131 Å². The van der Waals surface area contributed by atoms with Crippen molar-refractivity contribution in [1.29, 1.82) is 0 Å². The Hall–Kier alpha value is -3.35. The fraction of sp³-hybridized carbons (Fsp3) is 0.0625. The number of carbonyl (C=O) groups is 1. The molecule has 7 heteroatoms. The molecule has 1 aliphatic rings. The molecule has 0 aliphatic carbocycles. The first-order valence-electron chi connectivity index (χ1n) is 6.75. The van der Waals surface area contributed by atoms with E-state index in [1.165, 1.54) is 30.3 Å². The Morgan fingerprint density at radius 3 is 2.61 bits per heavy atom. The van der Waals surface area contributed by atoms with E-state index in [2.05, 4.69) is 5.32 Å². The number of fused-ring (bicyclic) bond motifs is 1. The number of benzene rings is 2. The van der Waals surface area contributed by atoms with Gasteiger partial charge in [0.1, 0.15) is 0 Å². The molecule has 0 radical (unpaired) electrons. The second-order valence-electron chi connectivity index (χ2n) is 4.74. The average molecular weight is 312 g/mol. The van der Waals surface area contributed by atoms with E-state index in [0.717, 1.165) is 5.56 Å². The first kappa shape index (κ1) is 14.6. The van der Waals surface area contributed by atoms with Crippen LogP contribution in [-0.2, 0) is 4.79 Å². The molecular weight excluding hydrogens is 300 g/mol. The summed E-state index contributed by atoms with van der Waals surface area (Å²) in [5.74, 6) is 0.983. The number of rotatable bonds is 4. The van der Waals surface area contributed by atoms with Crippen molar-refractivity contribution in [2.45, 2.75) is 0 Å². The smallest absolute Gasteiger partial charge is 0.269 e. The number of anilines is 1. The number of non-ortho nitro benzene ring substituents is 1. The molecular formula is C16H12N2O5. The zero-order valence-corrected chi connectivity index (χ0v) is 11.9. The number of ether oxygens (including phenoxy) is 2. The van der Waals surface area contributed by atoms with E-state index in [4.69, 9.17) is 9.47 Å². The highest BCUT2D eigenvalue weighted by Gasteiger charge is 2.12. The van der Waals surface area contributed by atoms with E-state index in [9.17, 15) is 14.9 Å². The molecule has 7 nitrogen and oxygen atoms in total. The van der Waals surface area contributed by atoms with E-state index in [1.807, 2.05) is 6.07 Å². The maximum Gasteiger partial charge on any atom is 0.269 e. The standard InChI is InChI=1S/C16H12N2O5/c19-16(17-12-3-5-13(6-4-12)18(20)21)8-2-11-1-7-14-15(9-11)23-10-22-14/h1-9H,10H2,(H,17,19)/b8-2-. The first-order valence-corrected chi connectivity index (χ1v) is 6.75. The number of nitrogens with zero attached hydrogens (tertiary/aromatic N) is 1. The van der Waals surface area contributed by atoms with Gasteiger partial charge < -0.3 is 14.8 Å². The van der Waals surface area contributed by atoms with Gasteiger partial charge >= 0.3 is 0 Å². The second kappa shape index (κ2) is 6.18. The van der Waals surface area contributed by atoms with Crippen LogP contribution in [0.2, 0.25) is 0 Å². The molecule has 1 N–H and O–H groups in total. The molecule has 2 aromatic rings. The average Bonchev–Trinajstić information content (AvgIpc) is 3.01. The van der Waals surface area contributed by atoms with Crippen LogP contribution in [0.15, 0.2) is 48.5 Å². The minimum absolute atomic E-state index is 0.0288. The van der Waals surface area contributed by atoms with Gasteiger partial charge in [0.15, 0.2) is 11.5 Å². The predicted molar refractivity (Wildman–Crippen MR) is 83.3 cm³/mol. The number of hydrogen-bond donors (Lipinski definition) is 1. The van der Waals surface area contributed by atoms with Crippen molar-refractivity contribution in [3.05, 3.63) is 64.2 Å². The predicted octanol–water partition coefficient (Wildman–Crippen LogP) is 2.98. The van der Waals surface area contributed by atoms with E-state index in [0.29, 0.717) is 17.2 Å². The van der Waals surface area contributed by atoms with Crippen molar-refractivity contribution < 1.29 is 19.2 Å². The maximum atomic E-state index is 11.9. The molecule has 0 spiro atoms. The second-order valence-corrected chi connectivity index (χ2v) is 4.74. The van der Waals surface area contributed by atoms with Gasteiger partial charge in [-0.1, -0.05) is 6.07 Å². The highest BCUT2D eigenvalue weighted by molar-refractivity contribution is 6.02. The van der Waals surface area contributed by atoms with Crippen LogP contribution in [0.25, 0.3) is 6.08 Å². The summed E-state index contributed by atoms with van der Waals surface area (Å²) in [6.07, 6.45) is 3.02. The lowest BCUT2D eigenvalue weighted by Crippen LogP contribution is -2.07. The van der Waals surface area contributed by atoms with Crippen LogP contribution in [0.3, 0.4) is 0 Å². The van der Waals surface area contributed by atoms with Gasteiger partial charge in [-0.25, -0.2) is 0 Å². The number of hydrogen-bond acceptors (Lipinski definition) is 5. The lowest BCUT2D eigenvalue weighted by Gasteiger charge is -2.01. The third kappa shape index (κ3) is 3.46. The zero-order valence-electron chi connectivity index (χ0n) is 11.9. The minimum atomic E-state index is -0.495.